The summed E-state index contributed by atoms with van der Waals surface area (Å²) >= 11 is 1.65. The molecule has 2 rings (SSSR count). The molecule has 0 bridgehead atoms. The van der Waals surface area contributed by atoms with Crippen LogP contribution in [0.5, 0.6) is 0 Å². The van der Waals surface area contributed by atoms with Crippen molar-refractivity contribution in [3.05, 3.63) is 51.7 Å². The van der Waals surface area contributed by atoms with Gasteiger partial charge in [0.1, 0.15) is 10.8 Å². The lowest BCUT2D eigenvalue weighted by molar-refractivity contribution is 0.513. The molecule has 1 aromatic heterocycles. The van der Waals surface area contributed by atoms with E-state index in [1.165, 1.54) is 6.07 Å². The summed E-state index contributed by atoms with van der Waals surface area (Å²) in [4.78, 5) is 4.41. The van der Waals surface area contributed by atoms with Crippen molar-refractivity contribution in [3.63, 3.8) is 0 Å². The fourth-order valence-corrected chi connectivity index (χ4v) is 2.64. The smallest absolute Gasteiger partial charge is 0.123 e. The zero-order chi connectivity index (χ0) is 13.0. The Kier molecular flexibility index (Phi) is 4.44. The number of rotatable bonds is 5. The van der Waals surface area contributed by atoms with Gasteiger partial charge in [-0.2, -0.15) is 0 Å². The van der Waals surface area contributed by atoms with Gasteiger partial charge in [-0.25, -0.2) is 9.37 Å². The molecular weight excluding hydrogens is 247 g/mol. The van der Waals surface area contributed by atoms with Crippen LogP contribution < -0.4 is 5.32 Å². The molecule has 0 aliphatic rings. The van der Waals surface area contributed by atoms with E-state index in [4.69, 9.17) is 0 Å². The summed E-state index contributed by atoms with van der Waals surface area (Å²) in [5.41, 5.74) is 2.04. The third-order valence-corrected chi connectivity index (χ3v) is 3.79. The van der Waals surface area contributed by atoms with Gasteiger partial charge in [-0.15, -0.1) is 11.3 Å². The lowest BCUT2D eigenvalue weighted by atomic mass is 10.0. The maximum absolute atomic E-state index is 13.2. The first-order valence-electron chi connectivity index (χ1n) is 6.09. The predicted octanol–water partition coefficient (Wildman–Crippen LogP) is 3.83. The molecule has 0 aliphatic heterocycles. The highest BCUT2D eigenvalue weighted by atomic mass is 32.1. The molecule has 1 heterocycles. The van der Waals surface area contributed by atoms with Gasteiger partial charge in [0.05, 0.1) is 0 Å². The molecule has 2 nitrogen and oxygen atoms in total. The second-order valence-electron chi connectivity index (χ2n) is 4.28. The highest BCUT2D eigenvalue weighted by molar-refractivity contribution is 7.09. The summed E-state index contributed by atoms with van der Waals surface area (Å²) in [6, 6.07) is 6.94. The molecule has 1 atom stereocenters. The van der Waals surface area contributed by atoms with Crippen LogP contribution in [0, 0.1) is 12.7 Å². The Morgan fingerprint density at radius 2 is 2.28 bits per heavy atom. The van der Waals surface area contributed by atoms with Crippen LogP contribution in [-0.2, 0) is 6.54 Å². The van der Waals surface area contributed by atoms with Gasteiger partial charge in [-0.05, 0) is 31.0 Å². The quantitative estimate of drug-likeness (QED) is 0.887. The second kappa shape index (κ2) is 6.07. The molecule has 2 aromatic rings. The molecule has 18 heavy (non-hydrogen) atoms. The number of benzene rings is 1. The Balaban J connectivity index is 2.01. The summed E-state index contributed by atoms with van der Waals surface area (Å²) in [5.74, 6) is -0.183. The molecule has 1 N–H and O–H groups in total. The minimum atomic E-state index is -0.183. The molecule has 0 saturated carbocycles. The van der Waals surface area contributed by atoms with Crippen LogP contribution in [0.4, 0.5) is 4.39 Å². The first-order valence-corrected chi connectivity index (χ1v) is 6.97. The van der Waals surface area contributed by atoms with E-state index >= 15 is 0 Å². The molecule has 1 unspecified atom stereocenters. The van der Waals surface area contributed by atoms with Crippen molar-refractivity contribution < 1.29 is 4.39 Å². The average Bonchev–Trinajstić information content (AvgIpc) is 2.76. The first kappa shape index (κ1) is 13.2. The van der Waals surface area contributed by atoms with Crippen LogP contribution >= 0.6 is 11.3 Å². The van der Waals surface area contributed by atoms with Gasteiger partial charge in [-0.1, -0.05) is 19.1 Å². The van der Waals surface area contributed by atoms with E-state index < -0.39 is 0 Å². The third kappa shape index (κ3) is 3.37. The van der Waals surface area contributed by atoms with Crippen LogP contribution in [0.3, 0.4) is 0 Å². The molecule has 0 aliphatic carbocycles. The SMILES string of the molecule is CCC(NCc1nc(C)cs1)c1cccc(F)c1. The van der Waals surface area contributed by atoms with E-state index in [1.54, 1.807) is 23.5 Å². The largest absolute Gasteiger partial charge is 0.304 e. The van der Waals surface area contributed by atoms with Crippen molar-refractivity contribution in [2.75, 3.05) is 0 Å². The Labute approximate surface area is 111 Å². The van der Waals surface area contributed by atoms with Gasteiger partial charge in [0.25, 0.3) is 0 Å². The minimum Gasteiger partial charge on any atom is -0.304 e. The van der Waals surface area contributed by atoms with Crippen molar-refractivity contribution in [1.82, 2.24) is 10.3 Å². The van der Waals surface area contributed by atoms with E-state index in [0.29, 0.717) is 0 Å². The number of aromatic nitrogens is 1. The van der Waals surface area contributed by atoms with Crippen molar-refractivity contribution in [3.8, 4) is 0 Å². The van der Waals surface area contributed by atoms with Gasteiger partial charge in [0.2, 0.25) is 0 Å². The number of nitrogens with zero attached hydrogens (tertiary/aromatic N) is 1. The minimum absolute atomic E-state index is 0.171. The monoisotopic (exact) mass is 264 g/mol. The number of halogens is 1. The van der Waals surface area contributed by atoms with Crippen LogP contribution in [0.1, 0.15) is 35.7 Å². The molecule has 0 fully saturated rings. The Morgan fingerprint density at radius 1 is 1.44 bits per heavy atom. The summed E-state index contributed by atoms with van der Waals surface area (Å²) in [7, 11) is 0. The number of hydrogen-bond donors (Lipinski definition) is 1. The molecule has 96 valence electrons. The van der Waals surface area contributed by atoms with Gasteiger partial charge in [-0.3, -0.25) is 0 Å². The first-order chi connectivity index (χ1) is 8.69. The third-order valence-electron chi connectivity index (χ3n) is 2.83. The van der Waals surface area contributed by atoms with E-state index in [9.17, 15) is 4.39 Å². The highest BCUT2D eigenvalue weighted by Crippen LogP contribution is 2.18. The lowest BCUT2D eigenvalue weighted by Crippen LogP contribution is -2.20. The molecular formula is C14H17FN2S. The molecule has 4 heteroatoms. The maximum Gasteiger partial charge on any atom is 0.123 e. The standard InChI is InChI=1S/C14H17FN2S/c1-3-13(11-5-4-6-12(15)7-11)16-8-14-17-10(2)9-18-14/h4-7,9,13,16H,3,8H2,1-2H3. The van der Waals surface area contributed by atoms with Crippen molar-refractivity contribution in [2.24, 2.45) is 0 Å². The number of hydrogen-bond acceptors (Lipinski definition) is 3. The summed E-state index contributed by atoms with van der Waals surface area (Å²) in [6.07, 6.45) is 0.924. The summed E-state index contributed by atoms with van der Waals surface area (Å²) in [6.45, 7) is 4.81. The van der Waals surface area contributed by atoms with Gasteiger partial charge in [0, 0.05) is 23.7 Å². The van der Waals surface area contributed by atoms with Crippen molar-refractivity contribution >= 4 is 11.3 Å². The van der Waals surface area contributed by atoms with Crippen LogP contribution in [0.15, 0.2) is 29.6 Å². The van der Waals surface area contributed by atoms with Gasteiger partial charge >= 0.3 is 0 Å². The zero-order valence-electron chi connectivity index (χ0n) is 10.6. The topological polar surface area (TPSA) is 24.9 Å². The van der Waals surface area contributed by atoms with Gasteiger partial charge < -0.3 is 5.32 Å². The summed E-state index contributed by atoms with van der Waals surface area (Å²) in [5, 5.41) is 6.54. The lowest BCUT2D eigenvalue weighted by Gasteiger charge is -2.16. The van der Waals surface area contributed by atoms with E-state index in [2.05, 4.69) is 17.2 Å². The van der Waals surface area contributed by atoms with E-state index in [1.807, 2.05) is 18.4 Å². The summed E-state index contributed by atoms with van der Waals surface area (Å²) < 4.78 is 13.2. The van der Waals surface area contributed by atoms with Crippen LogP contribution in [0.2, 0.25) is 0 Å². The van der Waals surface area contributed by atoms with Crippen molar-refractivity contribution in [2.45, 2.75) is 32.9 Å². The Morgan fingerprint density at radius 3 is 2.89 bits per heavy atom. The van der Waals surface area contributed by atoms with Gasteiger partial charge in [0.15, 0.2) is 0 Å². The maximum atomic E-state index is 13.2. The van der Waals surface area contributed by atoms with Crippen LogP contribution in [0.25, 0.3) is 0 Å². The normalized spacial score (nSPS) is 12.6. The van der Waals surface area contributed by atoms with Crippen LogP contribution in [-0.4, -0.2) is 4.98 Å². The Bertz CT molecular complexity index is 510. The van der Waals surface area contributed by atoms with E-state index in [-0.39, 0.29) is 11.9 Å². The second-order valence-corrected chi connectivity index (χ2v) is 5.22. The molecule has 0 radical (unpaired) electrons. The fourth-order valence-electron chi connectivity index (χ4n) is 1.92. The molecule has 0 saturated heterocycles. The number of aryl methyl sites for hydroxylation is 1. The molecule has 0 spiro atoms. The zero-order valence-corrected chi connectivity index (χ0v) is 11.4. The molecule has 1 aromatic carbocycles. The number of thiazole rings is 1. The number of nitrogens with one attached hydrogen (secondary N) is 1. The highest BCUT2D eigenvalue weighted by Gasteiger charge is 2.10. The fraction of sp³-hybridized carbons (Fsp3) is 0.357. The van der Waals surface area contributed by atoms with Crippen molar-refractivity contribution in [1.29, 1.82) is 0 Å². The Hall–Kier alpha value is -1.26. The molecule has 0 amide bonds. The van der Waals surface area contributed by atoms with E-state index in [0.717, 1.165) is 29.2 Å². The average molecular weight is 264 g/mol. The predicted molar refractivity (Wildman–Crippen MR) is 73.1 cm³/mol.